The van der Waals surface area contributed by atoms with Gasteiger partial charge in [-0.05, 0) is 64.5 Å². The monoisotopic (exact) mass is 397 g/mol. The SMILES string of the molecule is CCC/C=C\CCCC/C=C\CCCCC(=O)OCSCCN(CC)CC. The van der Waals surface area contributed by atoms with E-state index in [9.17, 15) is 4.79 Å². The van der Waals surface area contributed by atoms with Gasteiger partial charge in [-0.2, -0.15) is 0 Å². The van der Waals surface area contributed by atoms with Crippen molar-refractivity contribution in [2.45, 2.75) is 85.0 Å². The number of carbonyl (C=O) groups excluding carboxylic acids is 1. The number of esters is 1. The van der Waals surface area contributed by atoms with Gasteiger partial charge in [0.05, 0.1) is 0 Å². The maximum absolute atomic E-state index is 11.7. The van der Waals surface area contributed by atoms with Crippen molar-refractivity contribution in [1.29, 1.82) is 0 Å². The second-order valence-electron chi connectivity index (χ2n) is 6.83. The van der Waals surface area contributed by atoms with Crippen molar-refractivity contribution in [2.75, 3.05) is 31.3 Å². The normalized spacial score (nSPS) is 11.9. The maximum Gasteiger partial charge on any atom is 0.306 e. The van der Waals surface area contributed by atoms with Crippen molar-refractivity contribution >= 4 is 17.7 Å². The Balaban J connectivity index is 3.35. The van der Waals surface area contributed by atoms with Gasteiger partial charge >= 0.3 is 5.97 Å². The summed E-state index contributed by atoms with van der Waals surface area (Å²) in [6.07, 6.45) is 20.2. The molecule has 4 heteroatoms. The highest BCUT2D eigenvalue weighted by Gasteiger charge is 2.03. The molecule has 0 fully saturated rings. The van der Waals surface area contributed by atoms with Gasteiger partial charge in [-0.15, -0.1) is 11.8 Å². The summed E-state index contributed by atoms with van der Waals surface area (Å²) in [4.78, 5) is 14.1. The predicted octanol–water partition coefficient (Wildman–Crippen LogP) is 6.60. The summed E-state index contributed by atoms with van der Waals surface area (Å²) in [5, 5.41) is 0. The lowest BCUT2D eigenvalue weighted by Gasteiger charge is -2.17. The van der Waals surface area contributed by atoms with Crippen LogP contribution < -0.4 is 0 Å². The maximum atomic E-state index is 11.7. The van der Waals surface area contributed by atoms with Crippen molar-refractivity contribution in [1.82, 2.24) is 4.90 Å². The summed E-state index contributed by atoms with van der Waals surface area (Å²) < 4.78 is 5.28. The van der Waals surface area contributed by atoms with Gasteiger partial charge in [0.2, 0.25) is 0 Å². The van der Waals surface area contributed by atoms with Crippen LogP contribution in [0.25, 0.3) is 0 Å². The van der Waals surface area contributed by atoms with E-state index in [0.717, 1.165) is 44.6 Å². The summed E-state index contributed by atoms with van der Waals surface area (Å²) in [6.45, 7) is 9.81. The first-order valence-corrected chi connectivity index (χ1v) is 12.2. The molecule has 0 unspecified atom stereocenters. The van der Waals surface area contributed by atoms with Gasteiger partial charge in [0.15, 0.2) is 0 Å². The first kappa shape index (κ1) is 26.3. The molecule has 0 aromatic heterocycles. The Bertz CT molecular complexity index is 379. The molecule has 0 aliphatic rings. The van der Waals surface area contributed by atoms with E-state index in [1.54, 1.807) is 11.8 Å². The molecule has 0 amide bonds. The largest absolute Gasteiger partial charge is 0.455 e. The number of thioether (sulfide) groups is 1. The van der Waals surface area contributed by atoms with Crippen LogP contribution in [0, 0.1) is 0 Å². The van der Waals surface area contributed by atoms with Crippen LogP contribution in [0.3, 0.4) is 0 Å². The van der Waals surface area contributed by atoms with E-state index in [1.165, 1.54) is 38.5 Å². The number of hydrogen-bond acceptors (Lipinski definition) is 4. The van der Waals surface area contributed by atoms with Gasteiger partial charge < -0.3 is 9.64 Å². The molecule has 0 N–H and O–H groups in total. The van der Waals surface area contributed by atoms with Crippen LogP contribution in [0.5, 0.6) is 0 Å². The summed E-state index contributed by atoms with van der Waals surface area (Å²) >= 11 is 1.70. The van der Waals surface area contributed by atoms with Gasteiger partial charge in [-0.1, -0.05) is 51.5 Å². The van der Waals surface area contributed by atoms with Crippen LogP contribution in [0.1, 0.15) is 85.0 Å². The fraction of sp³-hybridized carbons (Fsp3) is 0.783. The lowest BCUT2D eigenvalue weighted by molar-refractivity contribution is -0.141. The van der Waals surface area contributed by atoms with Crippen molar-refractivity contribution in [3.8, 4) is 0 Å². The minimum atomic E-state index is -0.0505. The Kier molecular flexibility index (Phi) is 21.0. The third-order valence-corrected chi connectivity index (χ3v) is 5.29. The van der Waals surface area contributed by atoms with Gasteiger partial charge in [0.1, 0.15) is 5.94 Å². The molecule has 27 heavy (non-hydrogen) atoms. The molecule has 0 atom stereocenters. The number of carbonyl (C=O) groups is 1. The Morgan fingerprint density at radius 2 is 1.41 bits per heavy atom. The number of nitrogens with zero attached hydrogens (tertiary/aromatic N) is 1. The lowest BCUT2D eigenvalue weighted by Crippen LogP contribution is -2.25. The van der Waals surface area contributed by atoms with Crippen LogP contribution in [0.15, 0.2) is 24.3 Å². The molecule has 158 valence electrons. The molecule has 0 rings (SSSR count). The average molecular weight is 398 g/mol. The van der Waals surface area contributed by atoms with E-state index in [0.29, 0.717) is 12.4 Å². The number of ether oxygens (including phenoxy) is 1. The van der Waals surface area contributed by atoms with Crippen LogP contribution >= 0.6 is 11.8 Å². The van der Waals surface area contributed by atoms with Crippen LogP contribution in [-0.2, 0) is 9.53 Å². The highest BCUT2D eigenvalue weighted by Crippen LogP contribution is 2.07. The molecular weight excluding hydrogens is 354 g/mol. The quantitative estimate of drug-likeness (QED) is 0.106. The number of allylic oxidation sites excluding steroid dienone is 4. The molecule has 0 bridgehead atoms. The average Bonchev–Trinajstić information content (AvgIpc) is 2.68. The van der Waals surface area contributed by atoms with E-state index >= 15 is 0 Å². The molecule has 0 saturated heterocycles. The molecule has 0 aliphatic heterocycles. The van der Waals surface area contributed by atoms with Gasteiger partial charge in [0.25, 0.3) is 0 Å². The Morgan fingerprint density at radius 3 is 1.96 bits per heavy atom. The summed E-state index contributed by atoms with van der Waals surface area (Å²) in [5.74, 6) is 1.47. The molecule has 0 aromatic rings. The van der Waals surface area contributed by atoms with Crippen molar-refractivity contribution in [3.63, 3.8) is 0 Å². The van der Waals surface area contributed by atoms with E-state index < -0.39 is 0 Å². The summed E-state index contributed by atoms with van der Waals surface area (Å²) in [6, 6.07) is 0. The second-order valence-corrected chi connectivity index (χ2v) is 7.88. The van der Waals surface area contributed by atoms with Crippen molar-refractivity contribution < 1.29 is 9.53 Å². The zero-order valence-corrected chi connectivity index (χ0v) is 18.9. The van der Waals surface area contributed by atoms with E-state index in [-0.39, 0.29) is 5.97 Å². The third-order valence-electron chi connectivity index (χ3n) is 4.53. The van der Waals surface area contributed by atoms with E-state index in [2.05, 4.69) is 50.0 Å². The summed E-state index contributed by atoms with van der Waals surface area (Å²) in [7, 11) is 0. The van der Waals surface area contributed by atoms with Gasteiger partial charge in [-0.3, -0.25) is 4.79 Å². The predicted molar refractivity (Wildman–Crippen MR) is 121 cm³/mol. The summed E-state index contributed by atoms with van der Waals surface area (Å²) in [5.41, 5.74) is 0. The highest BCUT2D eigenvalue weighted by atomic mass is 32.2. The standard InChI is InChI=1S/C23H43NO2S/c1-4-7-8-9-10-11-12-13-14-15-16-17-18-19-23(25)26-22-27-21-20-24(5-2)6-3/h8-9,14-15H,4-7,10-13,16-22H2,1-3H3/b9-8-,15-14-. The second kappa shape index (κ2) is 21.6. The van der Waals surface area contributed by atoms with Gasteiger partial charge in [-0.25, -0.2) is 0 Å². The zero-order chi connectivity index (χ0) is 20.0. The Hall–Kier alpha value is -0.740. The highest BCUT2D eigenvalue weighted by molar-refractivity contribution is 7.99. The fourth-order valence-electron chi connectivity index (χ4n) is 2.67. The van der Waals surface area contributed by atoms with Crippen LogP contribution in [0.2, 0.25) is 0 Å². The molecular formula is C23H43NO2S. The van der Waals surface area contributed by atoms with Crippen LogP contribution in [0.4, 0.5) is 0 Å². The molecule has 0 saturated carbocycles. The first-order chi connectivity index (χ1) is 13.2. The number of unbranched alkanes of at least 4 members (excludes halogenated alkanes) is 6. The van der Waals surface area contributed by atoms with E-state index in [1.807, 2.05) is 0 Å². The molecule has 0 spiro atoms. The lowest BCUT2D eigenvalue weighted by atomic mass is 10.1. The number of rotatable bonds is 19. The molecule has 0 aliphatic carbocycles. The number of hydrogen-bond donors (Lipinski definition) is 0. The molecule has 0 radical (unpaired) electrons. The molecule has 0 aromatic carbocycles. The smallest absolute Gasteiger partial charge is 0.306 e. The fourth-order valence-corrected chi connectivity index (χ4v) is 3.39. The van der Waals surface area contributed by atoms with Crippen molar-refractivity contribution in [3.05, 3.63) is 24.3 Å². The van der Waals surface area contributed by atoms with Gasteiger partial charge in [0, 0.05) is 18.7 Å². The zero-order valence-electron chi connectivity index (χ0n) is 18.1. The van der Waals surface area contributed by atoms with Crippen molar-refractivity contribution in [2.24, 2.45) is 0 Å². The molecule has 0 heterocycles. The molecule has 3 nitrogen and oxygen atoms in total. The third kappa shape index (κ3) is 19.8. The first-order valence-electron chi connectivity index (χ1n) is 11.0. The minimum absolute atomic E-state index is 0.0505. The Labute approximate surface area is 173 Å². The van der Waals surface area contributed by atoms with E-state index in [4.69, 9.17) is 4.74 Å². The topological polar surface area (TPSA) is 29.5 Å². The van der Waals surface area contributed by atoms with Crippen LogP contribution in [-0.4, -0.2) is 42.2 Å². The minimum Gasteiger partial charge on any atom is -0.455 e. The Morgan fingerprint density at radius 1 is 0.852 bits per heavy atom.